The van der Waals surface area contributed by atoms with Crippen LogP contribution in [0.1, 0.15) is 0 Å². The Bertz CT molecular complexity index is 621. The molecule has 0 saturated carbocycles. The second-order valence-electron chi connectivity index (χ2n) is 6.05. The van der Waals surface area contributed by atoms with E-state index < -0.39 is 0 Å². The molecule has 1 aromatic rings. The second-order valence-corrected chi connectivity index (χ2v) is 6.05. The quantitative estimate of drug-likeness (QED) is 0.744. The van der Waals surface area contributed by atoms with Crippen LogP contribution in [0.15, 0.2) is 18.2 Å². The summed E-state index contributed by atoms with van der Waals surface area (Å²) in [6.45, 7) is 2.42. The number of nitrogens with zero attached hydrogens (tertiary/aromatic N) is 3. The minimum Gasteiger partial charge on any atom is -0.493 e. The summed E-state index contributed by atoms with van der Waals surface area (Å²) in [5.74, 6) is 1.02. The zero-order valence-electron chi connectivity index (χ0n) is 15.2. The van der Waals surface area contributed by atoms with E-state index in [0.29, 0.717) is 31.1 Å². The molecule has 0 aliphatic carbocycles. The topological polar surface area (TPSA) is 74.4 Å². The van der Waals surface area contributed by atoms with E-state index in [9.17, 15) is 9.59 Å². The zero-order valence-corrected chi connectivity index (χ0v) is 15.2. The number of hydrogen-bond donors (Lipinski definition) is 1. The van der Waals surface area contributed by atoms with Crippen LogP contribution in [0.3, 0.4) is 0 Å². The van der Waals surface area contributed by atoms with Gasteiger partial charge in [0.25, 0.3) is 0 Å². The molecule has 1 aromatic carbocycles. The van der Waals surface area contributed by atoms with Gasteiger partial charge in [-0.05, 0) is 26.2 Å². The van der Waals surface area contributed by atoms with Crippen molar-refractivity contribution in [1.29, 1.82) is 0 Å². The van der Waals surface area contributed by atoms with E-state index >= 15 is 0 Å². The van der Waals surface area contributed by atoms with Crippen LogP contribution in [0.2, 0.25) is 0 Å². The average molecular weight is 350 g/mol. The molecule has 8 heteroatoms. The van der Waals surface area contributed by atoms with Gasteiger partial charge in [-0.15, -0.1) is 0 Å². The first-order valence-electron chi connectivity index (χ1n) is 8.16. The van der Waals surface area contributed by atoms with E-state index in [-0.39, 0.29) is 18.5 Å². The molecule has 25 heavy (non-hydrogen) atoms. The number of carbonyl (C=O) groups excluding carboxylic acids is 2. The van der Waals surface area contributed by atoms with Gasteiger partial charge >= 0.3 is 6.03 Å². The summed E-state index contributed by atoms with van der Waals surface area (Å²) in [7, 11) is 7.00. The highest BCUT2D eigenvalue weighted by atomic mass is 16.5. The molecular weight excluding hydrogens is 324 g/mol. The van der Waals surface area contributed by atoms with Crippen molar-refractivity contribution in [2.75, 3.05) is 65.9 Å². The lowest BCUT2D eigenvalue weighted by Gasteiger charge is -2.19. The van der Waals surface area contributed by atoms with Gasteiger partial charge in [-0.3, -0.25) is 9.69 Å². The van der Waals surface area contributed by atoms with Crippen molar-refractivity contribution < 1.29 is 19.1 Å². The van der Waals surface area contributed by atoms with Gasteiger partial charge < -0.3 is 24.6 Å². The van der Waals surface area contributed by atoms with Crippen molar-refractivity contribution in [2.24, 2.45) is 0 Å². The SMILES string of the molecule is COc1ccc(N2CCN(CC(=O)NCCN(C)C)C2=O)cc1OC. The number of anilines is 1. The van der Waals surface area contributed by atoms with Gasteiger partial charge in [0, 0.05) is 37.9 Å². The highest BCUT2D eigenvalue weighted by Gasteiger charge is 2.31. The Morgan fingerprint density at radius 3 is 2.56 bits per heavy atom. The number of hydrogen-bond acceptors (Lipinski definition) is 5. The van der Waals surface area contributed by atoms with Crippen LogP contribution in [-0.2, 0) is 4.79 Å². The number of amides is 3. The van der Waals surface area contributed by atoms with E-state index in [0.717, 1.165) is 12.2 Å². The summed E-state index contributed by atoms with van der Waals surface area (Å²) < 4.78 is 10.5. The summed E-state index contributed by atoms with van der Waals surface area (Å²) >= 11 is 0. The van der Waals surface area contributed by atoms with Crippen LogP contribution in [0, 0.1) is 0 Å². The predicted molar refractivity (Wildman–Crippen MR) is 95.4 cm³/mol. The van der Waals surface area contributed by atoms with Gasteiger partial charge in [-0.2, -0.15) is 0 Å². The third kappa shape index (κ3) is 4.76. The molecule has 8 nitrogen and oxygen atoms in total. The molecule has 3 amide bonds. The van der Waals surface area contributed by atoms with Crippen molar-refractivity contribution in [2.45, 2.75) is 0 Å². The minimum absolute atomic E-state index is 0.0655. The molecule has 1 heterocycles. The number of urea groups is 1. The summed E-state index contributed by atoms with van der Waals surface area (Å²) in [5.41, 5.74) is 0.721. The number of benzene rings is 1. The Morgan fingerprint density at radius 2 is 1.92 bits per heavy atom. The van der Waals surface area contributed by atoms with E-state index in [1.54, 1.807) is 42.2 Å². The minimum atomic E-state index is -0.185. The first-order valence-corrected chi connectivity index (χ1v) is 8.16. The van der Waals surface area contributed by atoms with Gasteiger partial charge in [-0.25, -0.2) is 4.79 Å². The Hall–Kier alpha value is -2.48. The maximum Gasteiger partial charge on any atom is 0.325 e. The zero-order chi connectivity index (χ0) is 18.4. The predicted octanol–water partition coefficient (Wildman–Crippen LogP) is 0.624. The highest BCUT2D eigenvalue weighted by molar-refractivity contribution is 5.96. The third-order valence-corrected chi connectivity index (χ3v) is 3.99. The number of rotatable bonds is 8. The van der Waals surface area contributed by atoms with E-state index in [1.807, 2.05) is 19.0 Å². The van der Waals surface area contributed by atoms with Crippen molar-refractivity contribution in [3.05, 3.63) is 18.2 Å². The molecule has 1 fully saturated rings. The number of likely N-dealkylation sites (N-methyl/N-ethyl adjacent to an activating group) is 1. The lowest BCUT2D eigenvalue weighted by atomic mass is 10.2. The van der Waals surface area contributed by atoms with Crippen LogP contribution in [0.5, 0.6) is 11.5 Å². The Labute approximate surface area is 148 Å². The van der Waals surface area contributed by atoms with Crippen LogP contribution in [0.25, 0.3) is 0 Å². The molecule has 0 spiro atoms. The van der Waals surface area contributed by atoms with E-state index in [1.165, 1.54) is 0 Å². The van der Waals surface area contributed by atoms with Crippen LogP contribution < -0.4 is 19.7 Å². The summed E-state index contributed by atoms with van der Waals surface area (Å²) in [6.07, 6.45) is 0. The average Bonchev–Trinajstić information content (AvgIpc) is 2.94. The summed E-state index contributed by atoms with van der Waals surface area (Å²) in [6, 6.07) is 5.14. The molecule has 2 rings (SSSR count). The first kappa shape index (κ1) is 18.9. The fourth-order valence-electron chi connectivity index (χ4n) is 2.61. The maximum absolute atomic E-state index is 12.6. The first-order chi connectivity index (χ1) is 12.0. The van der Waals surface area contributed by atoms with Crippen LogP contribution in [-0.4, -0.2) is 82.8 Å². The maximum atomic E-state index is 12.6. The third-order valence-electron chi connectivity index (χ3n) is 3.99. The Morgan fingerprint density at radius 1 is 1.20 bits per heavy atom. The highest BCUT2D eigenvalue weighted by Crippen LogP contribution is 2.32. The number of carbonyl (C=O) groups is 2. The van der Waals surface area contributed by atoms with E-state index in [4.69, 9.17) is 9.47 Å². The summed E-state index contributed by atoms with van der Waals surface area (Å²) in [4.78, 5) is 29.7. The fourth-order valence-corrected chi connectivity index (χ4v) is 2.61. The Kier molecular flexibility index (Phi) is 6.46. The largest absolute Gasteiger partial charge is 0.493 e. The normalized spacial score (nSPS) is 14.2. The molecule has 1 aliphatic heterocycles. The van der Waals surface area contributed by atoms with Gasteiger partial charge in [0.05, 0.1) is 14.2 Å². The monoisotopic (exact) mass is 350 g/mol. The molecular formula is C17H26N4O4. The van der Waals surface area contributed by atoms with Crippen LogP contribution >= 0.6 is 0 Å². The van der Waals surface area contributed by atoms with Crippen molar-refractivity contribution >= 4 is 17.6 Å². The fraction of sp³-hybridized carbons (Fsp3) is 0.529. The molecule has 138 valence electrons. The lowest BCUT2D eigenvalue weighted by Crippen LogP contribution is -2.41. The number of methoxy groups -OCH3 is 2. The smallest absolute Gasteiger partial charge is 0.325 e. The van der Waals surface area contributed by atoms with Crippen LogP contribution in [0.4, 0.5) is 10.5 Å². The molecule has 1 saturated heterocycles. The number of nitrogens with one attached hydrogen (secondary N) is 1. The standard InChI is InChI=1S/C17H26N4O4/c1-19(2)8-7-18-16(22)12-20-9-10-21(17(20)23)13-5-6-14(24-3)15(11-13)25-4/h5-6,11H,7-10,12H2,1-4H3,(H,18,22). The summed E-state index contributed by atoms with van der Waals surface area (Å²) in [5, 5.41) is 2.82. The van der Waals surface area contributed by atoms with Gasteiger partial charge in [-0.1, -0.05) is 0 Å². The van der Waals surface area contributed by atoms with Gasteiger partial charge in [0.15, 0.2) is 11.5 Å². The molecule has 0 radical (unpaired) electrons. The van der Waals surface area contributed by atoms with Gasteiger partial charge in [0.1, 0.15) is 6.54 Å². The number of ether oxygens (including phenoxy) is 2. The Balaban J connectivity index is 1.96. The molecule has 0 bridgehead atoms. The lowest BCUT2D eigenvalue weighted by molar-refractivity contribution is -0.121. The molecule has 0 atom stereocenters. The van der Waals surface area contributed by atoms with Crippen molar-refractivity contribution in [1.82, 2.24) is 15.1 Å². The molecule has 1 N–H and O–H groups in total. The van der Waals surface area contributed by atoms with Crippen molar-refractivity contribution in [3.8, 4) is 11.5 Å². The second kappa shape index (κ2) is 8.57. The van der Waals surface area contributed by atoms with Crippen molar-refractivity contribution in [3.63, 3.8) is 0 Å². The molecule has 0 aromatic heterocycles. The molecule has 1 aliphatic rings. The van der Waals surface area contributed by atoms with Gasteiger partial charge in [0.2, 0.25) is 5.91 Å². The molecule has 0 unspecified atom stereocenters. The van der Waals surface area contributed by atoms with E-state index in [2.05, 4.69) is 5.32 Å².